The summed E-state index contributed by atoms with van der Waals surface area (Å²) in [7, 11) is 1.92. The van der Waals surface area contributed by atoms with Crippen LogP contribution < -0.4 is 4.74 Å². The first kappa shape index (κ1) is 15.3. The average Bonchev–Trinajstić information content (AvgIpc) is 2.85. The maximum Gasteiger partial charge on any atom is 0.180 e. The molecule has 4 nitrogen and oxygen atoms in total. The van der Waals surface area contributed by atoms with Crippen LogP contribution in [0.4, 0.5) is 0 Å². The predicted molar refractivity (Wildman–Crippen MR) is 81.7 cm³/mol. The van der Waals surface area contributed by atoms with Crippen molar-refractivity contribution in [2.24, 2.45) is 0 Å². The summed E-state index contributed by atoms with van der Waals surface area (Å²) < 4.78 is 10.8. The van der Waals surface area contributed by atoms with E-state index >= 15 is 0 Å². The first-order valence-corrected chi connectivity index (χ1v) is 7.08. The number of furan rings is 1. The van der Waals surface area contributed by atoms with E-state index in [1.807, 2.05) is 56.1 Å². The van der Waals surface area contributed by atoms with Gasteiger partial charge in [0.25, 0.3) is 0 Å². The third kappa shape index (κ3) is 3.95. The highest BCUT2D eigenvalue weighted by Crippen LogP contribution is 2.19. The molecule has 2 aromatic rings. The third-order valence-electron chi connectivity index (χ3n) is 3.31. The molecule has 0 saturated heterocycles. The summed E-state index contributed by atoms with van der Waals surface area (Å²) in [5.74, 6) is 1.60. The molecule has 0 bridgehead atoms. The number of Topliss-reactive ketones (excluding diaryl/α,β-unsaturated/α-hetero) is 1. The van der Waals surface area contributed by atoms with Gasteiger partial charge in [-0.1, -0.05) is 12.1 Å². The molecule has 1 aromatic carbocycles. The topological polar surface area (TPSA) is 42.7 Å². The molecule has 2 rings (SSSR count). The smallest absolute Gasteiger partial charge is 0.180 e. The van der Waals surface area contributed by atoms with E-state index in [9.17, 15) is 4.79 Å². The van der Waals surface area contributed by atoms with E-state index in [-0.39, 0.29) is 5.78 Å². The Morgan fingerprint density at radius 3 is 2.71 bits per heavy atom. The number of aryl methyl sites for hydroxylation is 1. The van der Waals surface area contributed by atoms with Crippen LogP contribution in [0.2, 0.25) is 0 Å². The Kier molecular flexibility index (Phi) is 5.17. The number of rotatable bonds is 7. The van der Waals surface area contributed by atoms with Crippen LogP contribution >= 0.6 is 0 Å². The Morgan fingerprint density at radius 2 is 2.05 bits per heavy atom. The number of ether oxygens (including phenoxy) is 1. The van der Waals surface area contributed by atoms with Gasteiger partial charge in [0.15, 0.2) is 5.78 Å². The van der Waals surface area contributed by atoms with Gasteiger partial charge >= 0.3 is 0 Å². The van der Waals surface area contributed by atoms with Crippen molar-refractivity contribution in [3.63, 3.8) is 0 Å². The van der Waals surface area contributed by atoms with Gasteiger partial charge in [0.2, 0.25) is 0 Å². The molecule has 21 heavy (non-hydrogen) atoms. The molecule has 1 heterocycles. The number of ketones is 1. The zero-order valence-corrected chi connectivity index (χ0v) is 12.8. The van der Waals surface area contributed by atoms with E-state index in [0.29, 0.717) is 31.0 Å². The van der Waals surface area contributed by atoms with Crippen molar-refractivity contribution < 1.29 is 13.9 Å². The zero-order valence-electron chi connectivity index (χ0n) is 12.8. The quantitative estimate of drug-likeness (QED) is 0.733. The molecule has 0 aliphatic rings. The molecule has 0 saturated carbocycles. The molecule has 0 amide bonds. The first-order valence-electron chi connectivity index (χ1n) is 7.08. The Balaban J connectivity index is 2.02. The lowest BCUT2D eigenvalue weighted by Crippen LogP contribution is -2.26. The van der Waals surface area contributed by atoms with E-state index in [2.05, 4.69) is 0 Å². The lowest BCUT2D eigenvalue weighted by atomic mass is 10.1. The minimum Gasteiger partial charge on any atom is -0.493 e. The van der Waals surface area contributed by atoms with E-state index < -0.39 is 0 Å². The monoisotopic (exact) mass is 287 g/mol. The van der Waals surface area contributed by atoms with E-state index in [1.54, 1.807) is 6.26 Å². The van der Waals surface area contributed by atoms with Gasteiger partial charge in [-0.3, -0.25) is 9.69 Å². The number of hydrogen-bond donors (Lipinski definition) is 0. The van der Waals surface area contributed by atoms with Crippen LogP contribution in [0.15, 0.2) is 41.0 Å². The summed E-state index contributed by atoms with van der Waals surface area (Å²) in [4.78, 5) is 14.4. The highest BCUT2D eigenvalue weighted by molar-refractivity contribution is 6.00. The van der Waals surface area contributed by atoms with Crippen LogP contribution in [0.3, 0.4) is 0 Å². The molecule has 112 valence electrons. The summed E-state index contributed by atoms with van der Waals surface area (Å²) in [5.41, 5.74) is 1.73. The number of para-hydroxylation sites is 1. The fourth-order valence-electron chi connectivity index (χ4n) is 2.23. The number of benzene rings is 1. The molecule has 0 aliphatic carbocycles. The average molecular weight is 287 g/mol. The largest absolute Gasteiger partial charge is 0.493 e. The lowest BCUT2D eigenvalue weighted by Gasteiger charge is -2.16. The highest BCUT2D eigenvalue weighted by Gasteiger charge is 2.15. The number of likely N-dealkylation sites (N-methyl/N-ethyl adjacent to an activating group) is 1. The number of carbonyl (C=O) groups excluding carboxylic acids is 1. The zero-order chi connectivity index (χ0) is 15.2. The second kappa shape index (κ2) is 7.09. The number of hydrogen-bond acceptors (Lipinski definition) is 4. The van der Waals surface area contributed by atoms with Crippen molar-refractivity contribution in [3.05, 3.63) is 53.5 Å². The summed E-state index contributed by atoms with van der Waals surface area (Å²) in [6, 6.07) is 9.31. The SMILES string of the molecule is CCOc1ccccc1C(=O)CN(C)Cc1ccoc1C. The third-order valence-corrected chi connectivity index (χ3v) is 3.31. The van der Waals surface area contributed by atoms with Gasteiger partial charge < -0.3 is 9.15 Å². The van der Waals surface area contributed by atoms with E-state index in [1.165, 1.54) is 0 Å². The first-order chi connectivity index (χ1) is 10.1. The van der Waals surface area contributed by atoms with Gasteiger partial charge in [0, 0.05) is 12.1 Å². The van der Waals surface area contributed by atoms with Crippen molar-refractivity contribution in [1.29, 1.82) is 0 Å². The molecule has 4 heteroatoms. The van der Waals surface area contributed by atoms with Gasteiger partial charge in [-0.25, -0.2) is 0 Å². The maximum absolute atomic E-state index is 12.4. The molecule has 1 aromatic heterocycles. The van der Waals surface area contributed by atoms with Gasteiger partial charge in [0.05, 0.1) is 25.0 Å². The van der Waals surface area contributed by atoms with Crippen molar-refractivity contribution in [1.82, 2.24) is 4.90 Å². The Morgan fingerprint density at radius 1 is 1.29 bits per heavy atom. The standard InChI is InChI=1S/C17H21NO3/c1-4-20-17-8-6-5-7-15(17)16(19)12-18(3)11-14-9-10-21-13(14)2/h5-10H,4,11-12H2,1-3H3. The van der Waals surface area contributed by atoms with Gasteiger partial charge in [0.1, 0.15) is 11.5 Å². The molecule has 0 aliphatic heterocycles. The van der Waals surface area contributed by atoms with E-state index in [0.717, 1.165) is 11.3 Å². The number of nitrogens with zero attached hydrogens (tertiary/aromatic N) is 1. The summed E-state index contributed by atoms with van der Waals surface area (Å²) >= 11 is 0. The molecule has 0 fully saturated rings. The van der Waals surface area contributed by atoms with Crippen molar-refractivity contribution >= 4 is 5.78 Å². The van der Waals surface area contributed by atoms with Crippen molar-refractivity contribution in [3.8, 4) is 5.75 Å². The predicted octanol–water partition coefficient (Wildman–Crippen LogP) is 3.30. The van der Waals surface area contributed by atoms with Gasteiger partial charge in [-0.05, 0) is 39.1 Å². The Bertz CT molecular complexity index is 604. The van der Waals surface area contributed by atoms with Crippen molar-refractivity contribution in [2.45, 2.75) is 20.4 Å². The summed E-state index contributed by atoms with van der Waals surface area (Å²) in [6.07, 6.45) is 1.67. The molecule has 0 radical (unpaired) electrons. The lowest BCUT2D eigenvalue weighted by molar-refractivity contribution is 0.0939. The molecule has 0 unspecified atom stereocenters. The second-order valence-electron chi connectivity index (χ2n) is 5.03. The van der Waals surface area contributed by atoms with Gasteiger partial charge in [-0.2, -0.15) is 0 Å². The normalized spacial score (nSPS) is 10.9. The molecular formula is C17H21NO3. The van der Waals surface area contributed by atoms with Crippen LogP contribution in [0.1, 0.15) is 28.6 Å². The molecule has 0 N–H and O–H groups in total. The van der Waals surface area contributed by atoms with Gasteiger partial charge in [-0.15, -0.1) is 0 Å². The minimum atomic E-state index is 0.0581. The number of carbonyl (C=O) groups is 1. The molecule has 0 atom stereocenters. The minimum absolute atomic E-state index is 0.0581. The van der Waals surface area contributed by atoms with Crippen molar-refractivity contribution in [2.75, 3.05) is 20.2 Å². The maximum atomic E-state index is 12.4. The van der Waals surface area contributed by atoms with Crippen LogP contribution in [-0.4, -0.2) is 30.9 Å². The second-order valence-corrected chi connectivity index (χ2v) is 5.03. The van der Waals surface area contributed by atoms with Crippen LogP contribution in [0.25, 0.3) is 0 Å². The van der Waals surface area contributed by atoms with E-state index in [4.69, 9.17) is 9.15 Å². The molecular weight excluding hydrogens is 266 g/mol. The highest BCUT2D eigenvalue weighted by atomic mass is 16.5. The van der Waals surface area contributed by atoms with Crippen LogP contribution in [-0.2, 0) is 6.54 Å². The Hall–Kier alpha value is -2.07. The van der Waals surface area contributed by atoms with Crippen LogP contribution in [0, 0.1) is 6.92 Å². The molecule has 0 spiro atoms. The summed E-state index contributed by atoms with van der Waals surface area (Å²) in [5, 5.41) is 0. The Labute approximate surface area is 125 Å². The fraction of sp³-hybridized carbons (Fsp3) is 0.353. The fourth-order valence-corrected chi connectivity index (χ4v) is 2.23. The van der Waals surface area contributed by atoms with Crippen LogP contribution in [0.5, 0.6) is 5.75 Å². The summed E-state index contributed by atoms with van der Waals surface area (Å²) in [6.45, 7) is 5.42.